The fraction of sp³-hybridized carbons (Fsp3) is 0.250. The van der Waals surface area contributed by atoms with Crippen LogP contribution in [0.25, 0.3) is 0 Å². The number of thiocarbonyl (C=S) groups is 1. The van der Waals surface area contributed by atoms with Gasteiger partial charge >= 0.3 is 0 Å². The van der Waals surface area contributed by atoms with E-state index in [1.165, 1.54) is 0 Å². The summed E-state index contributed by atoms with van der Waals surface area (Å²) in [7, 11) is 0. The zero-order valence-electron chi connectivity index (χ0n) is 9.32. The van der Waals surface area contributed by atoms with Gasteiger partial charge in [0.15, 0.2) is 5.11 Å². The third-order valence-electron chi connectivity index (χ3n) is 1.80. The van der Waals surface area contributed by atoms with Gasteiger partial charge in [0.25, 0.3) is 0 Å². The molecule has 1 aromatic rings. The van der Waals surface area contributed by atoms with Crippen LogP contribution in [0.5, 0.6) is 5.75 Å². The standard InChI is InChI=1S/C12H16N2OS/c1-3-8-15-11-7-5-6-10(9-11)14-12(16)13-4-2/h3,5-7,9H,1,4,8H2,2H3,(H2,13,14,16). The second kappa shape index (κ2) is 6.85. The van der Waals surface area contributed by atoms with Crippen LogP contribution in [-0.4, -0.2) is 18.3 Å². The lowest BCUT2D eigenvalue weighted by Crippen LogP contribution is -2.27. The van der Waals surface area contributed by atoms with Crippen LogP contribution in [0.3, 0.4) is 0 Å². The van der Waals surface area contributed by atoms with E-state index >= 15 is 0 Å². The summed E-state index contributed by atoms with van der Waals surface area (Å²) in [5.74, 6) is 0.796. The third-order valence-corrected chi connectivity index (χ3v) is 2.04. The molecule has 0 unspecified atom stereocenters. The predicted octanol–water partition coefficient (Wildman–Crippen LogP) is 2.56. The van der Waals surface area contributed by atoms with Crippen molar-refractivity contribution in [2.24, 2.45) is 0 Å². The molecule has 0 bridgehead atoms. The number of hydrogen-bond donors (Lipinski definition) is 2. The topological polar surface area (TPSA) is 33.3 Å². The minimum absolute atomic E-state index is 0.501. The first-order valence-electron chi connectivity index (χ1n) is 5.15. The van der Waals surface area contributed by atoms with Gasteiger partial charge in [-0.15, -0.1) is 0 Å². The molecule has 0 aromatic heterocycles. The van der Waals surface area contributed by atoms with Crippen molar-refractivity contribution in [3.8, 4) is 5.75 Å². The van der Waals surface area contributed by atoms with Crippen molar-refractivity contribution in [3.63, 3.8) is 0 Å². The van der Waals surface area contributed by atoms with E-state index in [2.05, 4.69) is 17.2 Å². The minimum atomic E-state index is 0.501. The van der Waals surface area contributed by atoms with Crippen molar-refractivity contribution in [1.29, 1.82) is 0 Å². The molecule has 0 heterocycles. The molecule has 16 heavy (non-hydrogen) atoms. The molecule has 1 rings (SSSR count). The van der Waals surface area contributed by atoms with Gasteiger partial charge in [0.2, 0.25) is 0 Å². The largest absolute Gasteiger partial charge is 0.489 e. The summed E-state index contributed by atoms with van der Waals surface area (Å²) in [4.78, 5) is 0. The zero-order valence-corrected chi connectivity index (χ0v) is 10.1. The molecule has 0 fully saturated rings. The maximum absolute atomic E-state index is 5.42. The van der Waals surface area contributed by atoms with Crippen LogP contribution in [0.4, 0.5) is 5.69 Å². The SMILES string of the molecule is C=CCOc1cccc(NC(=S)NCC)c1. The quantitative estimate of drug-likeness (QED) is 0.608. The van der Waals surface area contributed by atoms with Crippen LogP contribution >= 0.6 is 12.2 Å². The summed E-state index contributed by atoms with van der Waals surface area (Å²) in [6, 6.07) is 7.64. The van der Waals surface area contributed by atoms with Crippen molar-refractivity contribution in [2.45, 2.75) is 6.92 Å². The van der Waals surface area contributed by atoms with Crippen molar-refractivity contribution in [2.75, 3.05) is 18.5 Å². The Morgan fingerprint density at radius 1 is 1.56 bits per heavy atom. The first-order valence-corrected chi connectivity index (χ1v) is 5.55. The molecule has 0 atom stereocenters. The summed E-state index contributed by atoms with van der Waals surface area (Å²) in [6.45, 7) is 6.90. The number of hydrogen-bond acceptors (Lipinski definition) is 2. The molecular formula is C12H16N2OS. The number of ether oxygens (including phenoxy) is 1. The van der Waals surface area contributed by atoms with Crippen LogP contribution < -0.4 is 15.4 Å². The molecule has 0 aliphatic rings. The maximum Gasteiger partial charge on any atom is 0.170 e. The van der Waals surface area contributed by atoms with E-state index in [4.69, 9.17) is 17.0 Å². The van der Waals surface area contributed by atoms with E-state index in [1.54, 1.807) is 6.08 Å². The van der Waals surface area contributed by atoms with E-state index in [1.807, 2.05) is 31.2 Å². The summed E-state index contributed by atoms with van der Waals surface area (Å²) in [5.41, 5.74) is 0.910. The molecule has 0 radical (unpaired) electrons. The predicted molar refractivity (Wildman–Crippen MR) is 72.0 cm³/mol. The Bertz CT molecular complexity index is 366. The average Bonchev–Trinajstić information content (AvgIpc) is 2.27. The van der Waals surface area contributed by atoms with Gasteiger partial charge in [-0.05, 0) is 31.3 Å². The average molecular weight is 236 g/mol. The summed E-state index contributed by atoms with van der Waals surface area (Å²) >= 11 is 5.09. The van der Waals surface area contributed by atoms with Crippen molar-refractivity contribution in [3.05, 3.63) is 36.9 Å². The Hall–Kier alpha value is -1.55. The van der Waals surface area contributed by atoms with Crippen molar-refractivity contribution in [1.82, 2.24) is 5.32 Å². The van der Waals surface area contributed by atoms with Crippen LogP contribution in [0.1, 0.15) is 6.92 Å². The van der Waals surface area contributed by atoms with E-state index in [9.17, 15) is 0 Å². The third kappa shape index (κ3) is 4.31. The number of benzene rings is 1. The highest BCUT2D eigenvalue weighted by Gasteiger charge is 1.98. The van der Waals surface area contributed by atoms with Gasteiger partial charge in [-0.3, -0.25) is 0 Å². The number of nitrogens with one attached hydrogen (secondary N) is 2. The molecule has 0 spiro atoms. The second-order valence-electron chi connectivity index (χ2n) is 3.11. The van der Waals surface area contributed by atoms with Crippen molar-refractivity contribution < 1.29 is 4.74 Å². The van der Waals surface area contributed by atoms with Crippen LogP contribution in [-0.2, 0) is 0 Å². The molecule has 0 aliphatic heterocycles. The van der Waals surface area contributed by atoms with Gasteiger partial charge in [0.05, 0.1) is 0 Å². The Labute approximate surface area is 102 Å². The van der Waals surface area contributed by atoms with Gasteiger partial charge in [-0.25, -0.2) is 0 Å². The molecule has 0 amide bonds. The first kappa shape index (κ1) is 12.5. The van der Waals surface area contributed by atoms with E-state index in [0.29, 0.717) is 11.7 Å². The Morgan fingerprint density at radius 3 is 3.06 bits per heavy atom. The molecule has 3 nitrogen and oxygen atoms in total. The fourth-order valence-electron chi connectivity index (χ4n) is 1.15. The summed E-state index contributed by atoms with van der Waals surface area (Å²) in [6.07, 6.45) is 1.71. The zero-order chi connectivity index (χ0) is 11.8. The molecular weight excluding hydrogens is 220 g/mol. The summed E-state index contributed by atoms with van der Waals surface area (Å²) < 4.78 is 5.42. The molecule has 2 N–H and O–H groups in total. The lowest BCUT2D eigenvalue weighted by atomic mass is 10.3. The van der Waals surface area contributed by atoms with Gasteiger partial charge in [-0.2, -0.15) is 0 Å². The van der Waals surface area contributed by atoms with Gasteiger partial charge in [0, 0.05) is 18.3 Å². The normalized spacial score (nSPS) is 9.31. The fourth-order valence-corrected chi connectivity index (χ4v) is 1.42. The van der Waals surface area contributed by atoms with Crippen LogP contribution in [0.15, 0.2) is 36.9 Å². The van der Waals surface area contributed by atoms with Crippen LogP contribution in [0, 0.1) is 0 Å². The molecule has 1 aromatic carbocycles. The van der Waals surface area contributed by atoms with Gasteiger partial charge in [0.1, 0.15) is 12.4 Å². The Balaban J connectivity index is 2.59. The highest BCUT2D eigenvalue weighted by molar-refractivity contribution is 7.80. The highest BCUT2D eigenvalue weighted by Crippen LogP contribution is 2.17. The molecule has 4 heteroatoms. The van der Waals surface area contributed by atoms with Gasteiger partial charge < -0.3 is 15.4 Å². The summed E-state index contributed by atoms with van der Waals surface area (Å²) in [5, 5.41) is 6.71. The highest BCUT2D eigenvalue weighted by atomic mass is 32.1. The Kier molecular flexibility index (Phi) is 5.36. The number of rotatable bonds is 5. The van der Waals surface area contributed by atoms with E-state index in [-0.39, 0.29) is 0 Å². The number of anilines is 1. The monoisotopic (exact) mass is 236 g/mol. The minimum Gasteiger partial charge on any atom is -0.489 e. The molecule has 0 saturated heterocycles. The lowest BCUT2D eigenvalue weighted by Gasteiger charge is -2.10. The van der Waals surface area contributed by atoms with E-state index < -0.39 is 0 Å². The second-order valence-corrected chi connectivity index (χ2v) is 3.52. The molecule has 86 valence electrons. The molecule has 0 aliphatic carbocycles. The molecule has 0 saturated carbocycles. The van der Waals surface area contributed by atoms with Crippen molar-refractivity contribution >= 4 is 23.0 Å². The first-order chi connectivity index (χ1) is 7.76. The Morgan fingerprint density at radius 2 is 2.38 bits per heavy atom. The maximum atomic E-state index is 5.42. The lowest BCUT2D eigenvalue weighted by molar-refractivity contribution is 0.363. The van der Waals surface area contributed by atoms with Crippen LogP contribution in [0.2, 0.25) is 0 Å². The van der Waals surface area contributed by atoms with Gasteiger partial charge in [-0.1, -0.05) is 18.7 Å². The smallest absolute Gasteiger partial charge is 0.170 e. The van der Waals surface area contributed by atoms with E-state index in [0.717, 1.165) is 18.0 Å².